The summed E-state index contributed by atoms with van der Waals surface area (Å²) in [5, 5.41) is 30.6. The Balaban J connectivity index is 1.70. The third-order valence-electron chi connectivity index (χ3n) is 7.26. The number of hydrogen-bond donors (Lipinski definition) is 3. The van der Waals surface area contributed by atoms with Crippen molar-refractivity contribution in [3.63, 3.8) is 0 Å². The first-order chi connectivity index (χ1) is 16.9. The summed E-state index contributed by atoms with van der Waals surface area (Å²) in [5.74, 6) is -0.426. The van der Waals surface area contributed by atoms with Crippen LogP contribution in [0.3, 0.4) is 0 Å². The van der Waals surface area contributed by atoms with E-state index in [0.29, 0.717) is 58.7 Å². The first kappa shape index (κ1) is 28.5. The molecule has 0 aromatic heterocycles. The van der Waals surface area contributed by atoms with Crippen LogP contribution in [0.15, 0.2) is 29.4 Å². The van der Waals surface area contributed by atoms with E-state index in [4.69, 9.17) is 9.84 Å². The molecule has 7 nitrogen and oxygen atoms in total. The zero-order valence-corrected chi connectivity index (χ0v) is 23.8. The largest absolute Gasteiger partial charge is 0.508 e. The highest BCUT2D eigenvalue weighted by atomic mass is 127. The maximum absolute atomic E-state index is 13.0. The first-order valence-electron chi connectivity index (χ1n) is 12.7. The number of hydrogen-bond acceptors (Lipinski definition) is 5. The SMILES string of the molecule is C/C(=C\CCC1(C)Oc2c(c(O)cc3c2CN(CCC[C@@H](C)I)C3=O)CC1O)CC/C=C(\C)C(=O)O. The zero-order valence-electron chi connectivity index (χ0n) is 21.6. The fourth-order valence-electron chi connectivity index (χ4n) is 4.82. The Morgan fingerprint density at radius 2 is 2.03 bits per heavy atom. The number of benzene rings is 1. The fraction of sp³-hybridized carbons (Fsp3) is 0.571. The number of ether oxygens (including phenoxy) is 1. The molecule has 2 heterocycles. The molecule has 1 amide bonds. The number of carboxylic acids is 1. The Bertz CT molecular complexity index is 1060. The topological polar surface area (TPSA) is 107 Å². The number of rotatable bonds is 11. The molecular formula is C28H38INO6. The van der Waals surface area contributed by atoms with Gasteiger partial charge in [0.1, 0.15) is 17.1 Å². The molecule has 36 heavy (non-hydrogen) atoms. The molecule has 2 unspecified atom stereocenters. The minimum absolute atomic E-state index is 0.00128. The van der Waals surface area contributed by atoms with Gasteiger partial charge in [-0.25, -0.2) is 4.79 Å². The molecule has 0 spiro atoms. The number of aromatic hydroxyl groups is 1. The summed E-state index contributed by atoms with van der Waals surface area (Å²) in [6.07, 6.45) is 7.97. The van der Waals surface area contributed by atoms with Crippen LogP contribution in [-0.2, 0) is 17.8 Å². The van der Waals surface area contributed by atoms with Gasteiger partial charge < -0.3 is 25.0 Å². The molecule has 0 aliphatic carbocycles. The number of phenolic OH excluding ortho intramolecular Hbond substituents is 1. The Labute approximate surface area is 227 Å². The van der Waals surface area contributed by atoms with E-state index in [0.717, 1.165) is 30.4 Å². The lowest BCUT2D eigenvalue weighted by Crippen LogP contribution is -2.49. The van der Waals surface area contributed by atoms with Crippen LogP contribution in [0.1, 0.15) is 87.7 Å². The summed E-state index contributed by atoms with van der Waals surface area (Å²) in [7, 11) is 0. The van der Waals surface area contributed by atoms with Crippen LogP contribution in [0, 0.1) is 0 Å². The molecule has 3 N–H and O–H groups in total. The number of carbonyl (C=O) groups excluding carboxylic acids is 1. The number of aliphatic hydroxyl groups is 1. The number of halogens is 1. The minimum Gasteiger partial charge on any atom is -0.508 e. The van der Waals surface area contributed by atoms with Gasteiger partial charge in [-0.2, -0.15) is 0 Å². The Morgan fingerprint density at radius 3 is 2.69 bits per heavy atom. The van der Waals surface area contributed by atoms with Crippen molar-refractivity contribution in [2.45, 2.75) is 94.8 Å². The minimum atomic E-state index is -0.897. The molecule has 3 rings (SSSR count). The van der Waals surface area contributed by atoms with Crippen molar-refractivity contribution in [3.05, 3.63) is 46.1 Å². The predicted molar refractivity (Wildman–Crippen MR) is 148 cm³/mol. The van der Waals surface area contributed by atoms with Crippen molar-refractivity contribution in [2.75, 3.05) is 6.54 Å². The lowest BCUT2D eigenvalue weighted by atomic mass is 9.84. The number of amides is 1. The van der Waals surface area contributed by atoms with Crippen molar-refractivity contribution in [1.29, 1.82) is 0 Å². The van der Waals surface area contributed by atoms with Gasteiger partial charge in [0, 0.05) is 33.6 Å². The highest BCUT2D eigenvalue weighted by Crippen LogP contribution is 2.46. The number of fused-ring (bicyclic) bond motifs is 3. The molecule has 8 heteroatoms. The highest BCUT2D eigenvalue weighted by molar-refractivity contribution is 14.1. The van der Waals surface area contributed by atoms with Crippen LogP contribution < -0.4 is 4.74 Å². The molecule has 3 atom stereocenters. The van der Waals surface area contributed by atoms with Gasteiger partial charge in [0.05, 0.1) is 18.2 Å². The number of phenols is 1. The summed E-state index contributed by atoms with van der Waals surface area (Å²) < 4.78 is 6.97. The number of aliphatic hydroxyl groups excluding tert-OH is 1. The van der Waals surface area contributed by atoms with Crippen LogP contribution in [0.4, 0.5) is 0 Å². The normalized spacial score (nSPS) is 22.8. The monoisotopic (exact) mass is 611 g/mol. The third kappa shape index (κ3) is 6.62. The quantitative estimate of drug-likeness (QED) is 0.131. The molecule has 0 fully saturated rings. The van der Waals surface area contributed by atoms with Gasteiger partial charge in [0.2, 0.25) is 0 Å². The summed E-state index contributed by atoms with van der Waals surface area (Å²) in [6.45, 7) is 8.78. The van der Waals surface area contributed by atoms with E-state index < -0.39 is 17.7 Å². The van der Waals surface area contributed by atoms with E-state index >= 15 is 0 Å². The van der Waals surface area contributed by atoms with E-state index in [1.165, 1.54) is 6.07 Å². The highest BCUT2D eigenvalue weighted by Gasteiger charge is 2.44. The lowest BCUT2D eigenvalue weighted by Gasteiger charge is -2.40. The lowest BCUT2D eigenvalue weighted by molar-refractivity contribution is -0.132. The smallest absolute Gasteiger partial charge is 0.330 e. The van der Waals surface area contributed by atoms with Crippen molar-refractivity contribution < 1.29 is 29.6 Å². The van der Waals surface area contributed by atoms with E-state index in [-0.39, 0.29) is 18.1 Å². The Morgan fingerprint density at radius 1 is 1.31 bits per heavy atom. The third-order valence-corrected chi connectivity index (χ3v) is 7.88. The fourth-order valence-corrected chi connectivity index (χ4v) is 5.26. The van der Waals surface area contributed by atoms with E-state index in [2.05, 4.69) is 35.6 Å². The number of carboxylic acid groups (broad SMARTS) is 1. The van der Waals surface area contributed by atoms with Gasteiger partial charge in [-0.1, -0.05) is 47.2 Å². The zero-order chi connectivity index (χ0) is 26.6. The molecule has 0 saturated carbocycles. The number of allylic oxidation sites excluding steroid dienone is 3. The molecule has 198 valence electrons. The molecule has 0 saturated heterocycles. The number of nitrogens with zero attached hydrogens (tertiary/aromatic N) is 1. The Hall–Kier alpha value is -2.07. The van der Waals surface area contributed by atoms with Gasteiger partial charge in [0.25, 0.3) is 5.91 Å². The maximum Gasteiger partial charge on any atom is 0.330 e. The van der Waals surface area contributed by atoms with Crippen LogP contribution in [-0.4, -0.2) is 54.3 Å². The van der Waals surface area contributed by atoms with Gasteiger partial charge in [-0.3, -0.25) is 4.79 Å². The first-order valence-corrected chi connectivity index (χ1v) is 13.9. The molecule has 1 aromatic carbocycles. The number of carbonyl (C=O) groups is 2. The van der Waals surface area contributed by atoms with Crippen LogP contribution in [0.2, 0.25) is 0 Å². The van der Waals surface area contributed by atoms with E-state index in [9.17, 15) is 19.8 Å². The average Bonchev–Trinajstić information content (AvgIpc) is 3.10. The van der Waals surface area contributed by atoms with Gasteiger partial charge >= 0.3 is 5.97 Å². The summed E-state index contributed by atoms with van der Waals surface area (Å²) >= 11 is 2.39. The second kappa shape index (κ2) is 12.0. The van der Waals surface area contributed by atoms with Crippen molar-refractivity contribution in [2.24, 2.45) is 0 Å². The second-order valence-electron chi connectivity index (χ2n) is 10.3. The summed E-state index contributed by atoms with van der Waals surface area (Å²) in [4.78, 5) is 25.8. The predicted octanol–water partition coefficient (Wildman–Crippen LogP) is 5.54. The van der Waals surface area contributed by atoms with Crippen molar-refractivity contribution in [1.82, 2.24) is 4.90 Å². The van der Waals surface area contributed by atoms with E-state index in [1.807, 2.05) is 18.7 Å². The van der Waals surface area contributed by atoms with E-state index in [1.54, 1.807) is 13.0 Å². The van der Waals surface area contributed by atoms with Crippen LogP contribution in [0.25, 0.3) is 0 Å². The summed E-state index contributed by atoms with van der Waals surface area (Å²) in [6, 6.07) is 1.53. The second-order valence-corrected chi connectivity index (χ2v) is 12.5. The summed E-state index contributed by atoms with van der Waals surface area (Å²) in [5.41, 5.74) is 2.52. The number of alkyl halides is 1. The van der Waals surface area contributed by atoms with Crippen molar-refractivity contribution >= 4 is 34.5 Å². The molecule has 2 aliphatic heterocycles. The van der Waals surface area contributed by atoms with Gasteiger partial charge in [-0.15, -0.1) is 0 Å². The van der Waals surface area contributed by atoms with Gasteiger partial charge in [0.15, 0.2) is 0 Å². The standard InChI is InChI=1S/C28H38INO6/c1-17(8-5-10-18(2)27(34)35)9-6-12-28(4)24(32)15-21-23(31)14-20-22(25(21)36-28)16-30(26(20)33)13-7-11-19(3)29/h9-10,14,19,24,31-32H,5-8,11-13,15-16H2,1-4H3,(H,34,35)/b17-9+,18-10+/t19-,24?,28?/m1/s1. The molecule has 0 bridgehead atoms. The van der Waals surface area contributed by atoms with Crippen LogP contribution in [0.5, 0.6) is 11.5 Å². The number of aliphatic carboxylic acids is 1. The molecular weight excluding hydrogens is 573 g/mol. The maximum atomic E-state index is 13.0. The molecule has 1 aromatic rings. The average molecular weight is 612 g/mol. The van der Waals surface area contributed by atoms with Crippen molar-refractivity contribution in [3.8, 4) is 11.5 Å². The Kier molecular flexibility index (Phi) is 9.49. The van der Waals surface area contributed by atoms with Crippen LogP contribution >= 0.6 is 22.6 Å². The van der Waals surface area contributed by atoms with Gasteiger partial charge in [-0.05, 0) is 65.4 Å². The molecule has 0 radical (unpaired) electrons. The molecule has 2 aliphatic rings.